The summed E-state index contributed by atoms with van der Waals surface area (Å²) in [4.78, 5) is 51.8. The summed E-state index contributed by atoms with van der Waals surface area (Å²) in [5.41, 5.74) is 12.3. The van der Waals surface area contributed by atoms with Crippen LogP contribution in [-0.4, -0.2) is 41.2 Å². The number of carbonyl (C=O) groups is 4. The number of ether oxygens (including phenoxy) is 1. The molecule has 0 spiro atoms. The largest absolute Gasteiger partial charge is 0.465 e. The summed E-state index contributed by atoms with van der Waals surface area (Å²) in [5, 5.41) is 2.47. The topological polar surface area (TPSA) is 158 Å². The number of benzene rings is 2. The Morgan fingerprint density at radius 1 is 1.11 bits per heavy atom. The van der Waals surface area contributed by atoms with Crippen LogP contribution in [0.2, 0.25) is 0 Å². The van der Waals surface area contributed by atoms with Gasteiger partial charge in [0.2, 0.25) is 5.91 Å². The molecule has 3 amide bonds. The van der Waals surface area contributed by atoms with E-state index in [1.807, 2.05) is 6.92 Å². The van der Waals surface area contributed by atoms with Gasteiger partial charge in [0.15, 0.2) is 5.69 Å². The van der Waals surface area contributed by atoms with Crippen molar-refractivity contribution in [2.24, 2.45) is 5.73 Å². The second kappa shape index (κ2) is 11.4. The maximum atomic E-state index is 13.8. The molecule has 2 aromatic carbocycles. The number of nitrogens with two attached hydrogens (primary N) is 2. The highest BCUT2D eigenvalue weighted by Gasteiger charge is 2.36. The van der Waals surface area contributed by atoms with Crippen LogP contribution in [-0.2, 0) is 14.3 Å². The molecule has 3 rings (SSSR count). The van der Waals surface area contributed by atoms with Crippen LogP contribution in [0.15, 0.2) is 48.5 Å². The molecule has 1 atom stereocenters. The van der Waals surface area contributed by atoms with Gasteiger partial charge in [-0.2, -0.15) is 4.37 Å². The number of rotatable bonds is 9. The minimum absolute atomic E-state index is 0.116. The first kappa shape index (κ1) is 26.3. The Kier molecular flexibility index (Phi) is 8.33. The summed E-state index contributed by atoms with van der Waals surface area (Å²) in [6.45, 7) is 3.14. The van der Waals surface area contributed by atoms with E-state index in [-0.39, 0.29) is 28.4 Å². The van der Waals surface area contributed by atoms with Gasteiger partial charge in [0.1, 0.15) is 23.3 Å². The van der Waals surface area contributed by atoms with Crippen LogP contribution >= 0.6 is 11.5 Å². The third kappa shape index (κ3) is 5.84. The van der Waals surface area contributed by atoms with E-state index in [1.54, 1.807) is 31.2 Å². The van der Waals surface area contributed by atoms with Crippen LogP contribution < -0.4 is 21.7 Å². The number of esters is 1. The molecule has 0 aliphatic carbocycles. The van der Waals surface area contributed by atoms with E-state index in [9.17, 15) is 23.6 Å². The Morgan fingerprint density at radius 2 is 1.75 bits per heavy atom. The normalized spacial score (nSPS) is 11.4. The minimum Gasteiger partial charge on any atom is -0.465 e. The molecule has 1 unspecified atom stereocenters. The number of aryl methyl sites for hydroxylation is 1. The van der Waals surface area contributed by atoms with Gasteiger partial charge in [-0.05, 0) is 55.2 Å². The molecular weight excluding hydrogens is 489 g/mol. The van der Waals surface area contributed by atoms with Gasteiger partial charge in [-0.25, -0.2) is 4.39 Å². The summed E-state index contributed by atoms with van der Waals surface area (Å²) in [5.74, 6) is -3.61. The maximum Gasteiger partial charge on any atom is 0.325 e. The van der Waals surface area contributed by atoms with Crippen LogP contribution in [0.25, 0.3) is 0 Å². The van der Waals surface area contributed by atoms with Crippen molar-refractivity contribution in [2.45, 2.75) is 19.9 Å². The smallest absolute Gasteiger partial charge is 0.325 e. The standard InChI is InChI=1S/C24H24FN5O5S/c1-3-35-17(31)12-28-23(33)20(14-6-8-15(25)9-7-14)30(16-10-4-13(2)5-11-16)24(34)21-18(26)19(22(27)32)29-36-21/h4-11,20H,3,12,26H2,1-2H3,(H2,27,32)(H,28,33). The van der Waals surface area contributed by atoms with Crippen molar-refractivity contribution in [2.75, 3.05) is 23.8 Å². The Hall–Kier alpha value is -4.32. The molecule has 0 saturated heterocycles. The maximum absolute atomic E-state index is 13.8. The van der Waals surface area contributed by atoms with Crippen LogP contribution in [0.3, 0.4) is 0 Å². The van der Waals surface area contributed by atoms with Gasteiger partial charge < -0.3 is 21.5 Å². The second-order valence-corrected chi connectivity index (χ2v) is 8.40. The fourth-order valence-electron chi connectivity index (χ4n) is 3.36. The van der Waals surface area contributed by atoms with Gasteiger partial charge in [0.05, 0.1) is 12.3 Å². The SMILES string of the molecule is CCOC(=O)CNC(=O)C(c1ccc(F)cc1)N(C(=O)c1snc(C(N)=O)c1N)c1ccc(C)cc1. The lowest BCUT2D eigenvalue weighted by Gasteiger charge is -2.31. The van der Waals surface area contributed by atoms with E-state index < -0.39 is 42.1 Å². The van der Waals surface area contributed by atoms with E-state index in [1.165, 1.54) is 12.1 Å². The van der Waals surface area contributed by atoms with Crippen LogP contribution in [0.5, 0.6) is 0 Å². The third-order valence-electron chi connectivity index (χ3n) is 5.09. The molecular formula is C24H24FN5O5S. The summed E-state index contributed by atoms with van der Waals surface area (Å²) in [7, 11) is 0. The Balaban J connectivity index is 2.14. The van der Waals surface area contributed by atoms with Crippen molar-refractivity contribution in [3.05, 3.63) is 76.0 Å². The van der Waals surface area contributed by atoms with Gasteiger partial charge in [0.25, 0.3) is 11.8 Å². The number of halogens is 1. The number of nitrogens with one attached hydrogen (secondary N) is 1. The summed E-state index contributed by atoms with van der Waals surface area (Å²) in [6.07, 6.45) is 0. The molecule has 3 aromatic rings. The van der Waals surface area contributed by atoms with Gasteiger partial charge >= 0.3 is 5.97 Å². The summed E-state index contributed by atoms with van der Waals surface area (Å²) in [6, 6.07) is 10.3. The van der Waals surface area contributed by atoms with Crippen molar-refractivity contribution in [3.63, 3.8) is 0 Å². The predicted octanol–water partition coefficient (Wildman–Crippen LogP) is 2.34. The van der Waals surface area contributed by atoms with E-state index in [0.29, 0.717) is 17.2 Å². The van der Waals surface area contributed by atoms with E-state index >= 15 is 0 Å². The van der Waals surface area contributed by atoms with Gasteiger partial charge in [-0.1, -0.05) is 29.8 Å². The lowest BCUT2D eigenvalue weighted by Crippen LogP contribution is -2.45. The summed E-state index contributed by atoms with van der Waals surface area (Å²) < 4.78 is 22.4. The number of hydrogen-bond acceptors (Lipinski definition) is 8. The number of hydrogen-bond donors (Lipinski definition) is 3. The van der Waals surface area contributed by atoms with E-state index in [0.717, 1.165) is 22.6 Å². The molecule has 0 aliphatic heterocycles. The molecule has 36 heavy (non-hydrogen) atoms. The highest BCUT2D eigenvalue weighted by atomic mass is 32.1. The number of carbonyl (C=O) groups excluding carboxylic acids is 4. The third-order valence-corrected chi connectivity index (χ3v) is 5.94. The molecule has 5 N–H and O–H groups in total. The molecule has 0 fully saturated rings. The molecule has 12 heteroatoms. The molecule has 1 aromatic heterocycles. The number of amides is 3. The quantitative estimate of drug-likeness (QED) is 0.371. The number of aromatic nitrogens is 1. The van der Waals surface area contributed by atoms with Crippen molar-refractivity contribution >= 4 is 46.6 Å². The lowest BCUT2D eigenvalue weighted by molar-refractivity contribution is -0.143. The van der Waals surface area contributed by atoms with Crippen LogP contribution in [0, 0.1) is 12.7 Å². The number of primary amides is 1. The van der Waals surface area contributed by atoms with Crippen molar-refractivity contribution in [3.8, 4) is 0 Å². The Labute approximate surface area is 210 Å². The monoisotopic (exact) mass is 513 g/mol. The van der Waals surface area contributed by atoms with Gasteiger partial charge in [-0.3, -0.25) is 24.1 Å². The zero-order valence-corrected chi connectivity index (χ0v) is 20.3. The molecule has 10 nitrogen and oxygen atoms in total. The second-order valence-electron chi connectivity index (χ2n) is 7.63. The number of anilines is 2. The van der Waals surface area contributed by atoms with Gasteiger partial charge in [0, 0.05) is 5.69 Å². The first-order chi connectivity index (χ1) is 17.1. The number of nitrogen functional groups attached to an aromatic ring is 1. The Morgan fingerprint density at radius 3 is 2.31 bits per heavy atom. The highest BCUT2D eigenvalue weighted by Crippen LogP contribution is 2.33. The summed E-state index contributed by atoms with van der Waals surface area (Å²) >= 11 is 0.657. The zero-order valence-electron chi connectivity index (χ0n) is 19.5. The Bertz CT molecular complexity index is 1280. The molecule has 0 radical (unpaired) electrons. The lowest BCUT2D eigenvalue weighted by atomic mass is 10.0. The zero-order chi connectivity index (χ0) is 26.4. The van der Waals surface area contributed by atoms with Gasteiger partial charge in [-0.15, -0.1) is 0 Å². The minimum atomic E-state index is -1.35. The van der Waals surface area contributed by atoms with E-state index in [2.05, 4.69) is 9.69 Å². The molecule has 0 bridgehead atoms. The average molecular weight is 514 g/mol. The first-order valence-corrected chi connectivity index (χ1v) is 11.5. The number of nitrogens with zero attached hydrogens (tertiary/aromatic N) is 2. The fraction of sp³-hybridized carbons (Fsp3) is 0.208. The highest BCUT2D eigenvalue weighted by molar-refractivity contribution is 7.09. The van der Waals surface area contributed by atoms with Crippen molar-refractivity contribution in [1.82, 2.24) is 9.69 Å². The molecule has 188 valence electrons. The predicted molar refractivity (Wildman–Crippen MR) is 132 cm³/mol. The molecule has 0 saturated carbocycles. The van der Waals surface area contributed by atoms with E-state index in [4.69, 9.17) is 16.2 Å². The fourth-order valence-corrected chi connectivity index (χ4v) is 4.10. The van der Waals surface area contributed by atoms with Crippen LogP contribution in [0.1, 0.15) is 44.3 Å². The first-order valence-electron chi connectivity index (χ1n) is 10.8. The average Bonchev–Trinajstić information content (AvgIpc) is 3.24. The van der Waals surface area contributed by atoms with Crippen molar-refractivity contribution in [1.29, 1.82) is 0 Å². The molecule has 0 aliphatic rings. The van der Waals surface area contributed by atoms with Crippen LogP contribution in [0.4, 0.5) is 15.8 Å². The van der Waals surface area contributed by atoms with Crippen molar-refractivity contribution < 1.29 is 28.3 Å². The molecule has 1 heterocycles.